The highest BCUT2D eigenvalue weighted by Crippen LogP contribution is 2.27. The molecule has 1 unspecified atom stereocenters. The van der Waals surface area contributed by atoms with E-state index in [0.29, 0.717) is 23.7 Å². The Morgan fingerprint density at radius 1 is 0.941 bits per heavy atom. The minimum absolute atomic E-state index is 0.0640. The molecule has 1 fully saturated rings. The maximum atomic E-state index is 12.8. The second-order valence-corrected chi connectivity index (χ2v) is 8.15. The van der Waals surface area contributed by atoms with Crippen LogP contribution in [0.5, 0.6) is 5.75 Å². The molecule has 174 valence electrons. The molecule has 3 amide bonds. The summed E-state index contributed by atoms with van der Waals surface area (Å²) in [5.41, 5.74) is 3.24. The van der Waals surface area contributed by atoms with E-state index in [2.05, 4.69) is 17.6 Å². The summed E-state index contributed by atoms with van der Waals surface area (Å²) < 4.78 is 5.57. The first-order valence-electron chi connectivity index (χ1n) is 11.3. The highest BCUT2D eigenvalue weighted by molar-refractivity contribution is 6.03. The lowest BCUT2D eigenvalue weighted by molar-refractivity contribution is -0.122. The van der Waals surface area contributed by atoms with E-state index in [0.717, 1.165) is 12.1 Å². The van der Waals surface area contributed by atoms with Gasteiger partial charge in [-0.1, -0.05) is 43.3 Å². The smallest absolute Gasteiger partial charge is 0.262 e. The van der Waals surface area contributed by atoms with E-state index >= 15 is 0 Å². The number of benzene rings is 3. The second kappa shape index (κ2) is 10.7. The Morgan fingerprint density at radius 3 is 2.41 bits per heavy atom. The molecule has 7 nitrogen and oxygen atoms in total. The number of anilines is 3. The van der Waals surface area contributed by atoms with Gasteiger partial charge in [0, 0.05) is 36.1 Å². The van der Waals surface area contributed by atoms with Crippen LogP contribution in [-0.4, -0.2) is 30.9 Å². The molecule has 0 spiro atoms. The summed E-state index contributed by atoms with van der Waals surface area (Å²) >= 11 is 0. The van der Waals surface area contributed by atoms with Gasteiger partial charge in [0.25, 0.3) is 5.91 Å². The van der Waals surface area contributed by atoms with Crippen molar-refractivity contribution in [1.82, 2.24) is 0 Å². The zero-order valence-electron chi connectivity index (χ0n) is 19.0. The van der Waals surface area contributed by atoms with Gasteiger partial charge in [-0.25, -0.2) is 0 Å². The average Bonchev–Trinajstić information content (AvgIpc) is 3.25. The topological polar surface area (TPSA) is 87.7 Å². The van der Waals surface area contributed by atoms with Gasteiger partial charge in [0.1, 0.15) is 5.75 Å². The van der Waals surface area contributed by atoms with E-state index in [9.17, 15) is 14.4 Å². The van der Waals surface area contributed by atoms with Crippen molar-refractivity contribution in [3.63, 3.8) is 0 Å². The van der Waals surface area contributed by atoms with Crippen molar-refractivity contribution in [3.05, 3.63) is 84.4 Å². The number of ether oxygens (including phenoxy) is 1. The third-order valence-corrected chi connectivity index (χ3v) is 5.68. The number of amides is 3. The Kier molecular flexibility index (Phi) is 7.22. The molecule has 4 rings (SSSR count). The number of hydrogen-bond acceptors (Lipinski definition) is 4. The van der Waals surface area contributed by atoms with Crippen molar-refractivity contribution in [2.24, 2.45) is 5.92 Å². The van der Waals surface area contributed by atoms with Crippen molar-refractivity contribution < 1.29 is 19.1 Å². The third kappa shape index (κ3) is 5.81. The molecule has 7 heteroatoms. The summed E-state index contributed by atoms with van der Waals surface area (Å²) in [7, 11) is 0. The molecule has 1 aliphatic rings. The molecular weight excluding hydrogens is 430 g/mol. The first-order valence-corrected chi connectivity index (χ1v) is 11.3. The van der Waals surface area contributed by atoms with Crippen LogP contribution in [-0.2, 0) is 20.8 Å². The first kappa shape index (κ1) is 23.0. The van der Waals surface area contributed by atoms with E-state index in [1.807, 2.05) is 42.5 Å². The zero-order chi connectivity index (χ0) is 23.9. The van der Waals surface area contributed by atoms with Crippen molar-refractivity contribution in [2.75, 3.05) is 28.7 Å². The van der Waals surface area contributed by atoms with Gasteiger partial charge < -0.3 is 20.3 Å². The Morgan fingerprint density at radius 2 is 1.68 bits per heavy atom. The van der Waals surface area contributed by atoms with Gasteiger partial charge >= 0.3 is 0 Å². The van der Waals surface area contributed by atoms with Crippen LogP contribution in [0, 0.1) is 5.92 Å². The summed E-state index contributed by atoms with van der Waals surface area (Å²) in [6, 6.07) is 23.8. The lowest BCUT2D eigenvalue weighted by Crippen LogP contribution is -2.28. The number of nitrogens with zero attached hydrogens (tertiary/aromatic N) is 1. The fourth-order valence-corrected chi connectivity index (χ4v) is 3.82. The Hall–Kier alpha value is -4.13. The second-order valence-electron chi connectivity index (χ2n) is 8.15. The maximum absolute atomic E-state index is 12.8. The van der Waals surface area contributed by atoms with Crippen LogP contribution < -0.4 is 20.3 Å². The molecular formula is C27H27N3O4. The van der Waals surface area contributed by atoms with Gasteiger partial charge in [-0.2, -0.15) is 0 Å². The number of carbonyl (C=O) groups excluding carboxylic acids is 3. The zero-order valence-corrected chi connectivity index (χ0v) is 19.0. The SMILES string of the molecule is CCc1ccc(N2CC(C(=O)Nc3cccc(OCC(=O)Nc4ccccc4)c3)CC2=O)cc1. The fraction of sp³-hybridized carbons (Fsp3) is 0.222. The van der Waals surface area contributed by atoms with Crippen LogP contribution in [0.25, 0.3) is 0 Å². The Labute approximate surface area is 198 Å². The molecule has 0 bridgehead atoms. The van der Waals surface area contributed by atoms with Crippen LogP contribution in [0.2, 0.25) is 0 Å². The number of carbonyl (C=O) groups is 3. The third-order valence-electron chi connectivity index (χ3n) is 5.68. The first-order chi connectivity index (χ1) is 16.5. The lowest BCUT2D eigenvalue weighted by Gasteiger charge is -2.17. The number of aryl methyl sites for hydroxylation is 1. The predicted octanol–water partition coefficient (Wildman–Crippen LogP) is 4.26. The monoisotopic (exact) mass is 457 g/mol. The molecule has 0 aromatic heterocycles. The molecule has 3 aromatic rings. The van der Waals surface area contributed by atoms with Gasteiger partial charge in [0.2, 0.25) is 11.8 Å². The van der Waals surface area contributed by atoms with Crippen LogP contribution in [0.1, 0.15) is 18.9 Å². The molecule has 0 radical (unpaired) electrons. The molecule has 34 heavy (non-hydrogen) atoms. The van der Waals surface area contributed by atoms with E-state index < -0.39 is 5.92 Å². The molecule has 3 aromatic carbocycles. The number of hydrogen-bond donors (Lipinski definition) is 2. The average molecular weight is 458 g/mol. The number of para-hydroxylation sites is 1. The van der Waals surface area contributed by atoms with Gasteiger partial charge in [-0.05, 0) is 48.4 Å². The number of rotatable bonds is 8. The molecule has 0 saturated carbocycles. The predicted molar refractivity (Wildman–Crippen MR) is 132 cm³/mol. The molecule has 1 saturated heterocycles. The highest BCUT2D eigenvalue weighted by atomic mass is 16.5. The van der Waals surface area contributed by atoms with Gasteiger partial charge in [0.05, 0.1) is 5.92 Å². The summed E-state index contributed by atoms with van der Waals surface area (Å²) in [4.78, 5) is 39.1. The Balaban J connectivity index is 1.31. The fourth-order valence-electron chi connectivity index (χ4n) is 3.82. The van der Waals surface area contributed by atoms with Crippen molar-refractivity contribution in [3.8, 4) is 5.75 Å². The summed E-state index contributed by atoms with van der Waals surface area (Å²) in [5.74, 6) is -0.552. The molecule has 1 aliphatic heterocycles. The van der Waals surface area contributed by atoms with E-state index in [1.165, 1.54) is 5.56 Å². The highest BCUT2D eigenvalue weighted by Gasteiger charge is 2.35. The van der Waals surface area contributed by atoms with Gasteiger partial charge in [-0.3, -0.25) is 14.4 Å². The van der Waals surface area contributed by atoms with E-state index in [-0.39, 0.29) is 30.7 Å². The minimum Gasteiger partial charge on any atom is -0.484 e. The van der Waals surface area contributed by atoms with Crippen molar-refractivity contribution in [1.29, 1.82) is 0 Å². The quantitative estimate of drug-likeness (QED) is 0.529. The van der Waals surface area contributed by atoms with Crippen LogP contribution in [0.15, 0.2) is 78.9 Å². The summed E-state index contributed by atoms with van der Waals surface area (Å²) in [6.07, 6.45) is 1.09. The van der Waals surface area contributed by atoms with Crippen LogP contribution in [0.4, 0.5) is 17.1 Å². The van der Waals surface area contributed by atoms with Crippen LogP contribution in [0.3, 0.4) is 0 Å². The molecule has 2 N–H and O–H groups in total. The minimum atomic E-state index is -0.445. The molecule has 1 atom stereocenters. The van der Waals surface area contributed by atoms with Crippen molar-refractivity contribution >= 4 is 34.8 Å². The summed E-state index contributed by atoms with van der Waals surface area (Å²) in [6.45, 7) is 2.26. The lowest BCUT2D eigenvalue weighted by atomic mass is 10.1. The van der Waals surface area contributed by atoms with E-state index in [4.69, 9.17) is 4.74 Å². The Bertz CT molecular complexity index is 1160. The molecule has 0 aliphatic carbocycles. The standard InChI is InChI=1S/C27H27N3O4/c1-2-19-11-13-23(14-12-19)30-17-20(15-26(30)32)27(33)29-22-9-6-10-24(16-22)34-18-25(31)28-21-7-4-3-5-8-21/h3-14,16,20H,2,15,17-18H2,1H3,(H,28,31)(H,29,33). The van der Waals surface area contributed by atoms with Crippen LogP contribution >= 0.6 is 0 Å². The van der Waals surface area contributed by atoms with Gasteiger partial charge in [0.15, 0.2) is 6.61 Å². The normalized spacial score (nSPS) is 15.1. The largest absolute Gasteiger partial charge is 0.484 e. The molecule has 1 heterocycles. The van der Waals surface area contributed by atoms with E-state index in [1.54, 1.807) is 41.3 Å². The number of nitrogens with one attached hydrogen (secondary N) is 2. The van der Waals surface area contributed by atoms with Gasteiger partial charge in [-0.15, -0.1) is 0 Å². The van der Waals surface area contributed by atoms with Crippen molar-refractivity contribution in [2.45, 2.75) is 19.8 Å². The summed E-state index contributed by atoms with van der Waals surface area (Å²) in [5, 5.41) is 5.62. The maximum Gasteiger partial charge on any atom is 0.262 e.